The van der Waals surface area contributed by atoms with Crippen LogP contribution < -0.4 is 10.1 Å². The van der Waals surface area contributed by atoms with Crippen LogP contribution in [0, 0.1) is 10.1 Å². The van der Waals surface area contributed by atoms with Gasteiger partial charge in [0.15, 0.2) is 0 Å². The largest absolute Gasteiger partial charge is 0.496 e. The van der Waals surface area contributed by atoms with Gasteiger partial charge in [-0.15, -0.1) is 0 Å². The quantitative estimate of drug-likeness (QED) is 0.578. The number of nitrogens with zero attached hydrogens (tertiary/aromatic N) is 3. The number of anilines is 1. The number of hydrogen-bond acceptors (Lipinski definition) is 6. The number of benzene rings is 1. The number of aryl methyl sites for hydroxylation is 1. The smallest absolute Gasteiger partial charge is 0.354 e. The summed E-state index contributed by atoms with van der Waals surface area (Å²) in [6.45, 7) is 0.0322. The molecule has 1 aromatic heterocycles. The first-order valence-electron chi connectivity index (χ1n) is 6.79. The summed E-state index contributed by atoms with van der Waals surface area (Å²) in [7, 11) is 1.38. The van der Waals surface area contributed by atoms with Crippen molar-refractivity contribution in [2.75, 3.05) is 12.4 Å². The van der Waals surface area contributed by atoms with Gasteiger partial charge in [0.25, 0.3) is 5.69 Å². The summed E-state index contributed by atoms with van der Waals surface area (Å²) in [5.74, 6) is -1.36. The predicted octanol–water partition coefficient (Wildman–Crippen LogP) is 1.53. The topological polar surface area (TPSA) is 137 Å². The van der Waals surface area contributed by atoms with Crippen LogP contribution in [0.4, 0.5) is 11.4 Å². The molecule has 0 unspecified atom stereocenters. The van der Waals surface area contributed by atoms with Crippen LogP contribution in [0.15, 0.2) is 30.5 Å². The highest BCUT2D eigenvalue weighted by molar-refractivity contribution is 5.93. The molecule has 0 saturated heterocycles. The fourth-order valence-electron chi connectivity index (χ4n) is 2.01. The molecule has 10 nitrogen and oxygen atoms in total. The maximum atomic E-state index is 12.0. The second-order valence-electron chi connectivity index (χ2n) is 4.68. The first-order chi connectivity index (χ1) is 11.4. The Labute approximate surface area is 135 Å². The number of amides is 1. The Kier molecular flexibility index (Phi) is 5.09. The summed E-state index contributed by atoms with van der Waals surface area (Å²) in [6.07, 6.45) is 1.22. The summed E-state index contributed by atoms with van der Waals surface area (Å²) in [5.41, 5.74) is -0.309. The Bertz CT molecular complexity index is 785. The summed E-state index contributed by atoms with van der Waals surface area (Å²) < 4.78 is 6.08. The van der Waals surface area contributed by atoms with Gasteiger partial charge in [0.1, 0.15) is 17.1 Å². The van der Waals surface area contributed by atoms with Crippen molar-refractivity contribution in [2.45, 2.75) is 13.0 Å². The van der Waals surface area contributed by atoms with Crippen LogP contribution in [-0.4, -0.2) is 38.8 Å². The van der Waals surface area contributed by atoms with E-state index in [-0.39, 0.29) is 30.0 Å². The van der Waals surface area contributed by atoms with Crippen LogP contribution in [0.3, 0.4) is 0 Å². The average Bonchev–Trinajstić information content (AvgIpc) is 3.02. The number of rotatable bonds is 7. The van der Waals surface area contributed by atoms with Gasteiger partial charge in [-0.25, -0.2) is 4.79 Å². The first kappa shape index (κ1) is 16.9. The van der Waals surface area contributed by atoms with E-state index >= 15 is 0 Å². The second kappa shape index (κ2) is 7.22. The van der Waals surface area contributed by atoms with Crippen LogP contribution in [0.2, 0.25) is 0 Å². The molecular formula is C14H14N4O6. The van der Waals surface area contributed by atoms with E-state index in [1.54, 1.807) is 0 Å². The fourth-order valence-corrected chi connectivity index (χ4v) is 2.01. The van der Waals surface area contributed by atoms with E-state index in [0.717, 1.165) is 0 Å². The van der Waals surface area contributed by atoms with E-state index in [2.05, 4.69) is 10.4 Å². The molecule has 0 bridgehead atoms. The molecule has 10 heteroatoms. The molecule has 1 amide bonds. The molecule has 0 atom stereocenters. The van der Waals surface area contributed by atoms with E-state index in [0.29, 0.717) is 5.75 Å². The van der Waals surface area contributed by atoms with Crippen LogP contribution in [0.25, 0.3) is 0 Å². The van der Waals surface area contributed by atoms with Crippen molar-refractivity contribution in [1.29, 1.82) is 0 Å². The highest BCUT2D eigenvalue weighted by Gasteiger charge is 2.18. The van der Waals surface area contributed by atoms with E-state index < -0.39 is 16.8 Å². The van der Waals surface area contributed by atoms with Gasteiger partial charge >= 0.3 is 5.97 Å². The number of methoxy groups -OCH3 is 1. The summed E-state index contributed by atoms with van der Waals surface area (Å²) in [6, 6.07) is 5.37. The molecule has 126 valence electrons. The molecule has 2 aromatic rings. The number of nitrogens with one attached hydrogen (secondary N) is 1. The number of hydrogen-bond donors (Lipinski definition) is 2. The fraction of sp³-hybridized carbons (Fsp3) is 0.214. The SMILES string of the molecule is COc1ccc(NC(=O)CCn2nccc2C(=O)O)c([N+](=O)[O-])c1. The van der Waals surface area contributed by atoms with Crippen LogP contribution >= 0.6 is 0 Å². The van der Waals surface area contributed by atoms with Gasteiger partial charge in [-0.2, -0.15) is 5.10 Å². The van der Waals surface area contributed by atoms with Crippen molar-refractivity contribution in [3.05, 3.63) is 46.3 Å². The molecule has 0 radical (unpaired) electrons. The van der Waals surface area contributed by atoms with Crippen molar-refractivity contribution in [3.8, 4) is 5.75 Å². The van der Waals surface area contributed by atoms with Crippen molar-refractivity contribution in [1.82, 2.24) is 9.78 Å². The third-order valence-corrected chi connectivity index (χ3v) is 3.16. The number of ether oxygens (including phenoxy) is 1. The molecule has 0 fully saturated rings. The van der Waals surface area contributed by atoms with Crippen molar-refractivity contribution >= 4 is 23.3 Å². The molecule has 24 heavy (non-hydrogen) atoms. The van der Waals surface area contributed by atoms with Gasteiger partial charge in [0, 0.05) is 12.6 Å². The minimum atomic E-state index is -1.15. The molecule has 1 aromatic carbocycles. The number of nitro benzene ring substituents is 1. The van der Waals surface area contributed by atoms with E-state index in [1.807, 2.05) is 0 Å². The summed E-state index contributed by atoms with van der Waals surface area (Å²) in [4.78, 5) is 33.3. The minimum Gasteiger partial charge on any atom is -0.496 e. The van der Waals surface area contributed by atoms with Gasteiger partial charge in [-0.3, -0.25) is 19.6 Å². The minimum absolute atomic E-state index is 0.0322. The van der Waals surface area contributed by atoms with Crippen LogP contribution in [0.5, 0.6) is 5.75 Å². The second-order valence-corrected chi connectivity index (χ2v) is 4.68. The Morgan fingerprint density at radius 2 is 2.17 bits per heavy atom. The molecule has 0 aliphatic carbocycles. The number of aromatic carboxylic acids is 1. The Morgan fingerprint density at radius 3 is 2.79 bits per heavy atom. The van der Waals surface area contributed by atoms with E-state index in [1.165, 1.54) is 42.3 Å². The van der Waals surface area contributed by atoms with Crippen molar-refractivity contribution < 1.29 is 24.4 Å². The third kappa shape index (κ3) is 3.85. The van der Waals surface area contributed by atoms with E-state index in [4.69, 9.17) is 9.84 Å². The highest BCUT2D eigenvalue weighted by atomic mass is 16.6. The Hall–Kier alpha value is -3.43. The van der Waals surface area contributed by atoms with Crippen LogP contribution in [0.1, 0.15) is 16.9 Å². The van der Waals surface area contributed by atoms with Gasteiger partial charge in [-0.1, -0.05) is 0 Å². The standard InChI is InChI=1S/C14H14N4O6/c1-24-9-2-3-10(12(8-9)18(22)23)16-13(19)5-7-17-11(14(20)21)4-6-15-17/h2-4,6,8H,5,7H2,1H3,(H,16,19)(H,20,21). The molecule has 0 aliphatic rings. The number of carboxylic acids is 1. The lowest BCUT2D eigenvalue weighted by Crippen LogP contribution is -2.18. The van der Waals surface area contributed by atoms with Gasteiger partial charge in [0.2, 0.25) is 5.91 Å². The van der Waals surface area contributed by atoms with Crippen molar-refractivity contribution in [3.63, 3.8) is 0 Å². The number of aromatic nitrogens is 2. The van der Waals surface area contributed by atoms with E-state index in [9.17, 15) is 19.7 Å². The number of carboxylic acid groups (broad SMARTS) is 1. The molecule has 1 heterocycles. The average molecular weight is 334 g/mol. The first-order valence-corrected chi connectivity index (χ1v) is 6.79. The third-order valence-electron chi connectivity index (χ3n) is 3.16. The number of nitro groups is 1. The zero-order chi connectivity index (χ0) is 17.7. The van der Waals surface area contributed by atoms with Crippen LogP contribution in [-0.2, 0) is 11.3 Å². The van der Waals surface area contributed by atoms with Gasteiger partial charge in [-0.05, 0) is 18.2 Å². The molecule has 2 rings (SSSR count). The molecule has 0 saturated carbocycles. The maximum Gasteiger partial charge on any atom is 0.354 e. The van der Waals surface area contributed by atoms with Gasteiger partial charge < -0.3 is 15.2 Å². The lowest BCUT2D eigenvalue weighted by atomic mass is 10.2. The number of carbonyl (C=O) groups excluding carboxylic acids is 1. The van der Waals surface area contributed by atoms with Gasteiger partial charge in [0.05, 0.1) is 24.6 Å². The lowest BCUT2D eigenvalue weighted by Gasteiger charge is -2.08. The number of carbonyl (C=O) groups is 2. The molecule has 2 N–H and O–H groups in total. The summed E-state index contributed by atoms with van der Waals surface area (Å²) >= 11 is 0. The molecule has 0 spiro atoms. The normalized spacial score (nSPS) is 10.2. The maximum absolute atomic E-state index is 12.0. The zero-order valence-electron chi connectivity index (χ0n) is 12.6. The Morgan fingerprint density at radius 1 is 1.42 bits per heavy atom. The monoisotopic (exact) mass is 334 g/mol. The van der Waals surface area contributed by atoms with Crippen molar-refractivity contribution in [2.24, 2.45) is 0 Å². The highest BCUT2D eigenvalue weighted by Crippen LogP contribution is 2.29. The predicted molar refractivity (Wildman–Crippen MR) is 82.1 cm³/mol. The molecular weight excluding hydrogens is 320 g/mol. The Balaban J connectivity index is 2.06. The zero-order valence-corrected chi connectivity index (χ0v) is 12.6. The lowest BCUT2D eigenvalue weighted by molar-refractivity contribution is -0.384. The molecule has 0 aliphatic heterocycles. The summed E-state index contributed by atoms with van der Waals surface area (Å²) in [5, 5.41) is 26.3.